The van der Waals surface area contributed by atoms with Gasteiger partial charge < -0.3 is 4.42 Å². The van der Waals surface area contributed by atoms with E-state index in [1.807, 2.05) is 53.2 Å². The first-order valence-corrected chi connectivity index (χ1v) is 5.99. The van der Waals surface area contributed by atoms with Crippen LogP contribution in [0.3, 0.4) is 0 Å². The minimum Gasteiger partial charge on any atom is -0.467 e. The third-order valence-corrected chi connectivity index (χ3v) is 2.96. The second-order valence-corrected chi connectivity index (χ2v) is 4.12. The standard InChI is InChI=1S/C14H14N4O/c15-17-14(13-7-4-10-19-13)12-8-9-16-18(12)11-5-2-1-3-6-11/h1-10,14,17H,15H2. The van der Waals surface area contributed by atoms with Crippen LogP contribution in [0.1, 0.15) is 17.5 Å². The molecule has 0 spiro atoms. The number of hydrazine groups is 1. The first kappa shape index (κ1) is 11.7. The second-order valence-electron chi connectivity index (χ2n) is 4.12. The molecule has 0 bridgehead atoms. The van der Waals surface area contributed by atoms with Crippen LogP contribution in [-0.2, 0) is 0 Å². The summed E-state index contributed by atoms with van der Waals surface area (Å²) < 4.78 is 7.26. The topological polar surface area (TPSA) is 69.0 Å². The van der Waals surface area contributed by atoms with Crippen molar-refractivity contribution in [3.8, 4) is 5.69 Å². The third kappa shape index (κ3) is 2.16. The monoisotopic (exact) mass is 254 g/mol. The molecule has 0 fully saturated rings. The van der Waals surface area contributed by atoms with Gasteiger partial charge in [0.2, 0.25) is 0 Å². The van der Waals surface area contributed by atoms with E-state index in [1.165, 1.54) is 0 Å². The van der Waals surface area contributed by atoms with Crippen LogP contribution in [0.15, 0.2) is 65.4 Å². The summed E-state index contributed by atoms with van der Waals surface area (Å²) in [7, 11) is 0. The highest BCUT2D eigenvalue weighted by atomic mass is 16.3. The summed E-state index contributed by atoms with van der Waals surface area (Å²) >= 11 is 0. The quantitative estimate of drug-likeness (QED) is 0.552. The number of rotatable bonds is 4. The zero-order valence-electron chi connectivity index (χ0n) is 10.2. The minimum atomic E-state index is -0.238. The van der Waals surface area contributed by atoms with Crippen LogP contribution in [0.5, 0.6) is 0 Å². The van der Waals surface area contributed by atoms with Gasteiger partial charge in [-0.15, -0.1) is 0 Å². The smallest absolute Gasteiger partial charge is 0.128 e. The van der Waals surface area contributed by atoms with Gasteiger partial charge in [-0.25, -0.2) is 10.1 Å². The van der Waals surface area contributed by atoms with Crippen molar-refractivity contribution in [3.63, 3.8) is 0 Å². The van der Waals surface area contributed by atoms with E-state index >= 15 is 0 Å². The second kappa shape index (κ2) is 5.09. The normalized spacial score (nSPS) is 12.5. The Labute approximate surface area is 110 Å². The lowest BCUT2D eigenvalue weighted by atomic mass is 10.1. The van der Waals surface area contributed by atoms with Gasteiger partial charge in [0, 0.05) is 6.20 Å². The van der Waals surface area contributed by atoms with Crippen molar-refractivity contribution in [2.75, 3.05) is 0 Å². The largest absolute Gasteiger partial charge is 0.467 e. The van der Waals surface area contributed by atoms with Crippen LogP contribution < -0.4 is 11.3 Å². The molecule has 0 aliphatic carbocycles. The Bertz CT molecular complexity index is 631. The fraction of sp³-hybridized carbons (Fsp3) is 0.0714. The molecule has 1 unspecified atom stereocenters. The van der Waals surface area contributed by atoms with Crippen LogP contribution in [0.4, 0.5) is 0 Å². The third-order valence-electron chi connectivity index (χ3n) is 2.96. The Morgan fingerprint density at radius 2 is 1.95 bits per heavy atom. The molecule has 3 aromatic rings. The molecule has 1 aromatic carbocycles. The zero-order chi connectivity index (χ0) is 13.1. The SMILES string of the molecule is NNC(c1ccco1)c1ccnn1-c1ccccc1. The Kier molecular flexibility index (Phi) is 3.14. The van der Waals surface area contributed by atoms with E-state index in [-0.39, 0.29) is 6.04 Å². The molecule has 0 aliphatic heterocycles. The van der Waals surface area contributed by atoms with Gasteiger partial charge in [-0.05, 0) is 30.3 Å². The molecule has 3 N–H and O–H groups in total. The summed E-state index contributed by atoms with van der Waals surface area (Å²) in [5, 5.41) is 4.34. The molecule has 5 nitrogen and oxygen atoms in total. The predicted octanol–water partition coefficient (Wildman–Crippen LogP) is 2.02. The molecule has 1 atom stereocenters. The fourth-order valence-electron chi connectivity index (χ4n) is 2.09. The summed E-state index contributed by atoms with van der Waals surface area (Å²) in [5.41, 5.74) is 4.66. The number of aromatic nitrogens is 2. The van der Waals surface area contributed by atoms with Crippen molar-refractivity contribution in [2.24, 2.45) is 5.84 Å². The summed E-state index contributed by atoms with van der Waals surface area (Å²) in [6.45, 7) is 0. The van der Waals surface area contributed by atoms with Gasteiger partial charge in [-0.3, -0.25) is 5.84 Å². The molecule has 0 saturated carbocycles. The Morgan fingerprint density at radius 1 is 1.11 bits per heavy atom. The average Bonchev–Trinajstić information content (AvgIpc) is 3.12. The molecule has 0 radical (unpaired) electrons. The lowest BCUT2D eigenvalue weighted by Crippen LogP contribution is -2.30. The molecule has 0 saturated heterocycles. The first-order chi connectivity index (χ1) is 9.40. The van der Waals surface area contributed by atoms with Gasteiger partial charge in [0.05, 0.1) is 17.6 Å². The van der Waals surface area contributed by atoms with Crippen molar-refractivity contribution in [1.82, 2.24) is 15.2 Å². The van der Waals surface area contributed by atoms with Crippen molar-refractivity contribution in [3.05, 3.63) is 72.4 Å². The van der Waals surface area contributed by atoms with Crippen LogP contribution in [0, 0.1) is 0 Å². The lowest BCUT2D eigenvalue weighted by Gasteiger charge is -2.15. The Morgan fingerprint density at radius 3 is 2.63 bits per heavy atom. The molecule has 96 valence electrons. The van der Waals surface area contributed by atoms with E-state index in [1.54, 1.807) is 12.5 Å². The highest BCUT2D eigenvalue weighted by Gasteiger charge is 2.19. The summed E-state index contributed by atoms with van der Waals surface area (Å²) in [5.74, 6) is 6.40. The van der Waals surface area contributed by atoms with Crippen LogP contribution >= 0.6 is 0 Å². The molecule has 3 rings (SSSR count). The van der Waals surface area contributed by atoms with Crippen LogP contribution in [0.25, 0.3) is 5.69 Å². The summed E-state index contributed by atoms with van der Waals surface area (Å²) in [4.78, 5) is 0. The first-order valence-electron chi connectivity index (χ1n) is 5.99. The average molecular weight is 254 g/mol. The number of nitrogens with zero attached hydrogens (tertiary/aromatic N) is 2. The highest BCUT2D eigenvalue weighted by Crippen LogP contribution is 2.23. The van der Waals surface area contributed by atoms with E-state index in [9.17, 15) is 0 Å². The highest BCUT2D eigenvalue weighted by molar-refractivity contribution is 5.34. The number of nitrogens with one attached hydrogen (secondary N) is 1. The number of para-hydroxylation sites is 1. The number of hydrogen-bond acceptors (Lipinski definition) is 4. The van der Waals surface area contributed by atoms with Gasteiger partial charge >= 0.3 is 0 Å². The van der Waals surface area contributed by atoms with E-state index in [2.05, 4.69) is 10.5 Å². The minimum absolute atomic E-state index is 0.238. The van der Waals surface area contributed by atoms with E-state index in [0.717, 1.165) is 17.1 Å². The molecular formula is C14H14N4O. The summed E-state index contributed by atoms with van der Waals surface area (Å²) in [6.07, 6.45) is 3.37. The predicted molar refractivity (Wildman–Crippen MR) is 71.4 cm³/mol. The van der Waals surface area contributed by atoms with Crippen molar-refractivity contribution in [2.45, 2.75) is 6.04 Å². The van der Waals surface area contributed by atoms with Gasteiger partial charge in [0.1, 0.15) is 11.8 Å². The van der Waals surface area contributed by atoms with E-state index < -0.39 is 0 Å². The van der Waals surface area contributed by atoms with Gasteiger partial charge in [0.25, 0.3) is 0 Å². The number of benzene rings is 1. The molecule has 2 aromatic heterocycles. The van der Waals surface area contributed by atoms with Crippen molar-refractivity contribution >= 4 is 0 Å². The van der Waals surface area contributed by atoms with E-state index in [0.29, 0.717) is 0 Å². The zero-order valence-corrected chi connectivity index (χ0v) is 10.2. The molecule has 2 heterocycles. The molecule has 0 aliphatic rings. The van der Waals surface area contributed by atoms with Gasteiger partial charge in [-0.2, -0.15) is 5.10 Å². The number of nitrogens with two attached hydrogens (primary N) is 1. The number of furan rings is 1. The molecule has 19 heavy (non-hydrogen) atoms. The molecular weight excluding hydrogens is 240 g/mol. The maximum Gasteiger partial charge on any atom is 0.128 e. The Hall–Kier alpha value is -2.37. The Balaban J connectivity index is 2.04. The van der Waals surface area contributed by atoms with Gasteiger partial charge in [-0.1, -0.05) is 18.2 Å². The van der Waals surface area contributed by atoms with Crippen molar-refractivity contribution in [1.29, 1.82) is 0 Å². The maximum absolute atomic E-state index is 5.65. The van der Waals surface area contributed by atoms with Crippen LogP contribution in [-0.4, -0.2) is 9.78 Å². The fourth-order valence-corrected chi connectivity index (χ4v) is 2.09. The van der Waals surface area contributed by atoms with Crippen molar-refractivity contribution < 1.29 is 4.42 Å². The van der Waals surface area contributed by atoms with Crippen LogP contribution in [0.2, 0.25) is 0 Å². The van der Waals surface area contributed by atoms with E-state index in [4.69, 9.17) is 10.3 Å². The lowest BCUT2D eigenvalue weighted by molar-refractivity contribution is 0.442. The van der Waals surface area contributed by atoms with Gasteiger partial charge in [0.15, 0.2) is 0 Å². The number of hydrogen-bond donors (Lipinski definition) is 2. The molecule has 0 amide bonds. The molecule has 5 heteroatoms. The maximum atomic E-state index is 5.65. The summed E-state index contributed by atoms with van der Waals surface area (Å²) in [6, 6.07) is 15.3.